The van der Waals surface area contributed by atoms with Crippen LogP contribution in [0.5, 0.6) is 0 Å². The Balaban J connectivity index is 1.58. The third-order valence-corrected chi connectivity index (χ3v) is 8.88. The molecule has 0 spiro atoms. The van der Waals surface area contributed by atoms with Crippen LogP contribution >= 0.6 is 0 Å². The van der Waals surface area contributed by atoms with Gasteiger partial charge in [-0.15, -0.1) is 5.10 Å². The van der Waals surface area contributed by atoms with Gasteiger partial charge in [-0.25, -0.2) is 17.5 Å². The van der Waals surface area contributed by atoms with E-state index in [9.17, 15) is 22.4 Å². The number of sulfonamides is 1. The van der Waals surface area contributed by atoms with Crippen molar-refractivity contribution in [3.63, 3.8) is 0 Å². The molecule has 6 rings (SSSR count). The predicted octanol–water partition coefficient (Wildman–Crippen LogP) is 5.12. The molecule has 1 amide bonds. The maximum absolute atomic E-state index is 13.7. The van der Waals surface area contributed by atoms with Crippen molar-refractivity contribution >= 4 is 43.5 Å². The number of carbonyl (C=O) groups excluding carboxylic acids is 1. The highest BCUT2D eigenvalue weighted by molar-refractivity contribution is 7.92. The molecule has 12 heteroatoms. The van der Waals surface area contributed by atoms with Crippen LogP contribution in [-0.2, 0) is 16.6 Å². The van der Waals surface area contributed by atoms with Gasteiger partial charge < -0.3 is 9.73 Å². The highest BCUT2D eigenvalue weighted by atomic mass is 32.2. The van der Waals surface area contributed by atoms with Gasteiger partial charge in [-0.3, -0.25) is 13.9 Å². The average molecular weight is 626 g/mol. The number of furan rings is 1. The maximum Gasteiger partial charge on any atom is 0.277 e. The molecular formula is C33H28FN5O5S. The van der Waals surface area contributed by atoms with E-state index < -0.39 is 21.7 Å². The van der Waals surface area contributed by atoms with E-state index in [1.165, 1.54) is 49.1 Å². The second-order valence-electron chi connectivity index (χ2n) is 10.8. The molecule has 2 heterocycles. The first-order valence-corrected chi connectivity index (χ1v) is 15.8. The largest absolute Gasteiger partial charge is 0.455 e. The Morgan fingerprint density at radius 2 is 1.67 bits per heavy atom. The Morgan fingerprint density at radius 1 is 0.978 bits per heavy atom. The molecule has 45 heavy (non-hydrogen) atoms. The summed E-state index contributed by atoms with van der Waals surface area (Å²) in [4.78, 5) is 26.8. The van der Waals surface area contributed by atoms with Crippen molar-refractivity contribution in [2.75, 3.05) is 24.7 Å². The van der Waals surface area contributed by atoms with Crippen LogP contribution < -0.4 is 15.2 Å². The van der Waals surface area contributed by atoms with E-state index in [1.54, 1.807) is 24.3 Å². The number of anilines is 1. The molecule has 2 aromatic heterocycles. The van der Waals surface area contributed by atoms with Crippen LogP contribution in [0.4, 0.5) is 10.1 Å². The number of nitrogens with zero attached hydrogens (tertiary/aromatic N) is 4. The van der Waals surface area contributed by atoms with Crippen LogP contribution in [0, 0.1) is 12.7 Å². The quantitative estimate of drug-likeness (QED) is 0.261. The highest BCUT2D eigenvalue weighted by Gasteiger charge is 2.26. The Bertz CT molecular complexity index is 2280. The zero-order valence-corrected chi connectivity index (χ0v) is 25.6. The summed E-state index contributed by atoms with van der Waals surface area (Å²) in [5.74, 6) is -0.701. The lowest BCUT2D eigenvalue weighted by Crippen LogP contribution is -2.25. The van der Waals surface area contributed by atoms with Crippen molar-refractivity contribution in [1.82, 2.24) is 20.3 Å². The Labute approximate surface area is 257 Å². The minimum Gasteiger partial charge on any atom is -0.455 e. The summed E-state index contributed by atoms with van der Waals surface area (Å²) in [7, 11) is -0.861. The Hall–Kier alpha value is -5.36. The predicted molar refractivity (Wildman–Crippen MR) is 171 cm³/mol. The average Bonchev–Trinajstić information content (AvgIpc) is 3.40. The van der Waals surface area contributed by atoms with Crippen LogP contribution in [0.2, 0.25) is 0 Å². The monoisotopic (exact) mass is 625 g/mol. The summed E-state index contributed by atoms with van der Waals surface area (Å²) in [6.07, 6.45) is 1.07. The standard InChI is InChI=1S/C33H28FN5O5S/c1-19-5-7-20(8-6-19)18-39-33(41)25-15-22(11-14-27(25)36-37-39)24-16-26-29(17-28(24)38(3)45(4,42)43)44-31(30(26)32(40)35-2)21-9-12-23(34)13-10-21/h5-17H,18H2,1-4H3,(H,35,40). The number of carbonyl (C=O) groups is 1. The summed E-state index contributed by atoms with van der Waals surface area (Å²) >= 11 is 0. The van der Waals surface area contributed by atoms with E-state index in [-0.39, 0.29) is 40.1 Å². The number of rotatable bonds is 7. The summed E-state index contributed by atoms with van der Waals surface area (Å²) < 4.78 is 47.7. The topological polar surface area (TPSA) is 127 Å². The Morgan fingerprint density at radius 3 is 2.33 bits per heavy atom. The molecule has 6 aromatic rings. The number of aromatic nitrogens is 3. The molecule has 1 N–H and O–H groups in total. The second kappa shape index (κ2) is 11.3. The molecule has 0 bridgehead atoms. The minimum absolute atomic E-state index is 0.195. The van der Waals surface area contributed by atoms with E-state index in [4.69, 9.17) is 4.42 Å². The van der Waals surface area contributed by atoms with Gasteiger partial charge in [0.25, 0.3) is 11.5 Å². The smallest absolute Gasteiger partial charge is 0.277 e. The molecule has 10 nitrogen and oxygen atoms in total. The Kier molecular flexibility index (Phi) is 7.45. The first kappa shape index (κ1) is 29.7. The van der Waals surface area contributed by atoms with Gasteiger partial charge in [-0.05, 0) is 60.5 Å². The van der Waals surface area contributed by atoms with Crippen molar-refractivity contribution < 1.29 is 22.0 Å². The van der Waals surface area contributed by atoms with E-state index in [1.807, 2.05) is 31.2 Å². The second-order valence-corrected chi connectivity index (χ2v) is 12.8. The number of halogens is 1. The van der Waals surface area contributed by atoms with Gasteiger partial charge in [0.1, 0.15) is 22.7 Å². The summed E-state index contributed by atoms with van der Waals surface area (Å²) in [6.45, 7) is 2.20. The van der Waals surface area contributed by atoms with Crippen molar-refractivity contribution in [2.45, 2.75) is 13.5 Å². The number of nitrogens with one attached hydrogen (secondary N) is 1. The van der Waals surface area contributed by atoms with E-state index in [2.05, 4.69) is 15.6 Å². The van der Waals surface area contributed by atoms with Gasteiger partial charge in [0, 0.05) is 36.7 Å². The maximum atomic E-state index is 13.7. The number of aryl methyl sites for hydroxylation is 1. The molecular weight excluding hydrogens is 597 g/mol. The molecule has 4 aromatic carbocycles. The summed E-state index contributed by atoms with van der Waals surface area (Å²) in [5.41, 5.74) is 4.08. The van der Waals surface area contributed by atoms with Crippen LogP contribution in [0.25, 0.3) is 44.3 Å². The van der Waals surface area contributed by atoms with Gasteiger partial charge in [0.2, 0.25) is 10.0 Å². The number of amides is 1. The first-order chi connectivity index (χ1) is 21.4. The fourth-order valence-corrected chi connectivity index (χ4v) is 5.68. The van der Waals surface area contributed by atoms with Gasteiger partial charge in [-0.1, -0.05) is 41.1 Å². The highest BCUT2D eigenvalue weighted by Crippen LogP contribution is 2.41. The molecule has 228 valence electrons. The zero-order chi connectivity index (χ0) is 32.0. The van der Waals surface area contributed by atoms with Gasteiger partial charge in [0.05, 0.1) is 29.4 Å². The third kappa shape index (κ3) is 5.55. The molecule has 0 aliphatic rings. The van der Waals surface area contributed by atoms with Crippen molar-refractivity contribution in [1.29, 1.82) is 0 Å². The van der Waals surface area contributed by atoms with Gasteiger partial charge >= 0.3 is 0 Å². The molecule has 0 aliphatic heterocycles. The number of benzene rings is 4. The lowest BCUT2D eigenvalue weighted by molar-refractivity contribution is 0.0964. The molecule has 0 unspecified atom stereocenters. The number of fused-ring (bicyclic) bond motifs is 2. The van der Waals surface area contributed by atoms with Crippen molar-refractivity contribution in [3.8, 4) is 22.5 Å². The van der Waals surface area contributed by atoms with E-state index in [0.29, 0.717) is 27.6 Å². The number of hydrogen-bond acceptors (Lipinski definition) is 7. The number of hydrogen-bond donors (Lipinski definition) is 1. The van der Waals surface area contributed by atoms with Crippen molar-refractivity contribution in [3.05, 3.63) is 112 Å². The fourth-order valence-electron chi connectivity index (χ4n) is 5.17. The van der Waals surface area contributed by atoms with Crippen LogP contribution in [0.3, 0.4) is 0 Å². The molecule has 0 fully saturated rings. The van der Waals surface area contributed by atoms with Crippen molar-refractivity contribution in [2.24, 2.45) is 0 Å². The third-order valence-electron chi connectivity index (χ3n) is 7.69. The van der Waals surface area contributed by atoms with Crippen LogP contribution in [-0.4, -0.2) is 49.7 Å². The first-order valence-electron chi connectivity index (χ1n) is 13.9. The summed E-state index contributed by atoms with van der Waals surface area (Å²) in [5, 5.41) is 11.7. The lowest BCUT2D eigenvalue weighted by Gasteiger charge is -2.21. The van der Waals surface area contributed by atoms with E-state index in [0.717, 1.165) is 21.7 Å². The van der Waals surface area contributed by atoms with Crippen LogP contribution in [0.15, 0.2) is 88.1 Å². The molecule has 0 atom stereocenters. The molecule has 0 aliphatic carbocycles. The van der Waals surface area contributed by atoms with Gasteiger partial charge in [0.15, 0.2) is 0 Å². The summed E-state index contributed by atoms with van der Waals surface area (Å²) in [6, 6.07) is 21.4. The molecule has 0 saturated carbocycles. The lowest BCUT2D eigenvalue weighted by atomic mass is 9.97. The SMILES string of the molecule is CNC(=O)c1c(-c2ccc(F)cc2)oc2cc(N(C)S(C)(=O)=O)c(-c3ccc4nnn(Cc5ccc(C)cc5)c(=O)c4c3)cc12. The fraction of sp³-hybridized carbons (Fsp3) is 0.152. The normalized spacial score (nSPS) is 11.7. The molecule has 0 saturated heterocycles. The molecule has 0 radical (unpaired) electrons. The van der Waals surface area contributed by atoms with Crippen LogP contribution in [0.1, 0.15) is 21.5 Å². The zero-order valence-electron chi connectivity index (χ0n) is 24.8. The minimum atomic E-state index is -3.75. The van der Waals surface area contributed by atoms with E-state index >= 15 is 0 Å². The van der Waals surface area contributed by atoms with Gasteiger partial charge in [-0.2, -0.15) is 0 Å².